The Bertz CT molecular complexity index is 431. The van der Waals surface area contributed by atoms with Crippen molar-refractivity contribution < 1.29 is 15.0 Å². The Morgan fingerprint density at radius 2 is 2.37 bits per heavy atom. The van der Waals surface area contributed by atoms with Crippen LogP contribution in [0, 0.1) is 0 Å². The van der Waals surface area contributed by atoms with Gasteiger partial charge in [-0.1, -0.05) is 0 Å². The summed E-state index contributed by atoms with van der Waals surface area (Å²) in [4.78, 5) is 17.3. The number of aliphatic hydroxyl groups is 1. The van der Waals surface area contributed by atoms with Crippen molar-refractivity contribution in [1.29, 1.82) is 0 Å². The van der Waals surface area contributed by atoms with Crippen LogP contribution in [0.1, 0.15) is 42.2 Å². The fourth-order valence-corrected chi connectivity index (χ4v) is 2.62. The molecule has 0 bridgehead atoms. The highest BCUT2D eigenvalue weighted by Gasteiger charge is 2.25. The van der Waals surface area contributed by atoms with Crippen molar-refractivity contribution in [2.24, 2.45) is 0 Å². The number of hydrogen-bond acceptors (Lipinski definition) is 4. The van der Waals surface area contributed by atoms with E-state index >= 15 is 0 Å². The molecule has 0 spiro atoms. The summed E-state index contributed by atoms with van der Waals surface area (Å²) in [7, 11) is 0. The lowest BCUT2D eigenvalue weighted by Crippen LogP contribution is -2.31. The molecule has 1 aliphatic heterocycles. The lowest BCUT2D eigenvalue weighted by atomic mass is 10.1. The molecule has 2 unspecified atom stereocenters. The van der Waals surface area contributed by atoms with Gasteiger partial charge in [0.2, 0.25) is 0 Å². The zero-order valence-electron chi connectivity index (χ0n) is 11.1. The lowest BCUT2D eigenvalue weighted by molar-refractivity contribution is 0.0696. The van der Waals surface area contributed by atoms with Gasteiger partial charge in [0.1, 0.15) is 0 Å². The van der Waals surface area contributed by atoms with Crippen LogP contribution in [0.25, 0.3) is 0 Å². The molecule has 1 aliphatic rings. The van der Waals surface area contributed by atoms with Crippen molar-refractivity contribution in [1.82, 2.24) is 9.88 Å². The van der Waals surface area contributed by atoms with E-state index in [1.165, 1.54) is 6.20 Å². The largest absolute Gasteiger partial charge is 0.478 e. The van der Waals surface area contributed by atoms with Crippen molar-refractivity contribution in [3.05, 3.63) is 29.6 Å². The maximum atomic E-state index is 10.8. The topological polar surface area (TPSA) is 73.7 Å². The zero-order chi connectivity index (χ0) is 13.8. The lowest BCUT2D eigenvalue weighted by Gasteiger charge is -2.25. The van der Waals surface area contributed by atoms with Gasteiger partial charge in [-0.25, -0.2) is 4.79 Å². The fraction of sp³-hybridized carbons (Fsp3) is 0.571. The molecule has 2 heterocycles. The summed E-state index contributed by atoms with van der Waals surface area (Å²) in [6.45, 7) is 3.55. The summed E-state index contributed by atoms with van der Waals surface area (Å²) in [5.41, 5.74) is 1.09. The highest BCUT2D eigenvalue weighted by molar-refractivity contribution is 5.87. The van der Waals surface area contributed by atoms with Gasteiger partial charge in [0.05, 0.1) is 17.4 Å². The molecule has 2 atom stereocenters. The van der Waals surface area contributed by atoms with Gasteiger partial charge in [-0.3, -0.25) is 9.88 Å². The number of carbonyl (C=O) groups is 1. The Balaban J connectivity index is 1.98. The average molecular weight is 264 g/mol. The van der Waals surface area contributed by atoms with Gasteiger partial charge < -0.3 is 10.2 Å². The number of aliphatic hydroxyl groups excluding tert-OH is 1. The molecule has 0 radical (unpaired) electrons. The summed E-state index contributed by atoms with van der Waals surface area (Å²) in [6.07, 6.45) is 4.15. The highest BCUT2D eigenvalue weighted by Crippen LogP contribution is 2.23. The second-order valence-corrected chi connectivity index (χ2v) is 5.19. The molecular weight excluding hydrogens is 244 g/mol. The standard InChI is InChI=1S/C14H20N2O3/c1-10(17)7-13-3-2-6-16(13)9-12-5-4-11(8-15-12)14(18)19/h4-5,8,10,13,17H,2-3,6-7,9H2,1H3,(H,18,19). The predicted molar refractivity (Wildman–Crippen MR) is 70.9 cm³/mol. The molecule has 1 fully saturated rings. The molecule has 5 nitrogen and oxygen atoms in total. The first-order chi connectivity index (χ1) is 9.06. The maximum Gasteiger partial charge on any atom is 0.337 e. The molecule has 19 heavy (non-hydrogen) atoms. The smallest absolute Gasteiger partial charge is 0.337 e. The number of carboxylic acid groups (broad SMARTS) is 1. The normalized spacial score (nSPS) is 21.5. The van der Waals surface area contributed by atoms with Crippen LogP contribution in [0.3, 0.4) is 0 Å². The third-order valence-corrected chi connectivity index (χ3v) is 3.55. The fourth-order valence-electron chi connectivity index (χ4n) is 2.62. The molecule has 1 saturated heterocycles. The van der Waals surface area contributed by atoms with Crippen LogP contribution in [0.5, 0.6) is 0 Å². The monoisotopic (exact) mass is 264 g/mol. The summed E-state index contributed by atoms with van der Waals surface area (Å²) in [6, 6.07) is 3.76. The second-order valence-electron chi connectivity index (χ2n) is 5.19. The first-order valence-corrected chi connectivity index (χ1v) is 6.66. The Morgan fingerprint density at radius 1 is 1.58 bits per heavy atom. The molecule has 1 aromatic rings. The predicted octanol–water partition coefficient (Wildman–Crippen LogP) is 1.52. The van der Waals surface area contributed by atoms with E-state index in [1.807, 2.05) is 6.92 Å². The first kappa shape index (κ1) is 14.0. The summed E-state index contributed by atoms with van der Waals surface area (Å²) >= 11 is 0. The second kappa shape index (κ2) is 6.12. The summed E-state index contributed by atoms with van der Waals surface area (Å²) < 4.78 is 0. The van der Waals surface area contributed by atoms with Gasteiger partial charge in [-0.2, -0.15) is 0 Å². The van der Waals surface area contributed by atoms with E-state index in [0.29, 0.717) is 6.04 Å². The van der Waals surface area contributed by atoms with E-state index in [0.717, 1.165) is 38.0 Å². The van der Waals surface area contributed by atoms with Crippen molar-refractivity contribution in [2.75, 3.05) is 6.54 Å². The van der Waals surface area contributed by atoms with Crippen molar-refractivity contribution >= 4 is 5.97 Å². The van der Waals surface area contributed by atoms with Gasteiger partial charge in [-0.15, -0.1) is 0 Å². The number of pyridine rings is 1. The minimum absolute atomic E-state index is 0.214. The van der Waals surface area contributed by atoms with E-state index in [4.69, 9.17) is 5.11 Å². The molecule has 0 aromatic carbocycles. The van der Waals surface area contributed by atoms with Crippen LogP contribution in [0.2, 0.25) is 0 Å². The summed E-state index contributed by atoms with van der Waals surface area (Å²) in [5.74, 6) is -0.952. The molecule has 1 aromatic heterocycles. The average Bonchev–Trinajstić information content (AvgIpc) is 2.76. The van der Waals surface area contributed by atoms with Crippen LogP contribution in [-0.4, -0.2) is 44.8 Å². The number of aromatic carboxylic acids is 1. The van der Waals surface area contributed by atoms with E-state index in [9.17, 15) is 9.90 Å². The quantitative estimate of drug-likeness (QED) is 0.843. The van der Waals surface area contributed by atoms with Gasteiger partial charge in [0.15, 0.2) is 0 Å². The van der Waals surface area contributed by atoms with Gasteiger partial charge in [-0.05, 0) is 44.9 Å². The van der Waals surface area contributed by atoms with Gasteiger partial charge >= 0.3 is 5.97 Å². The van der Waals surface area contributed by atoms with E-state index in [2.05, 4.69) is 9.88 Å². The number of hydrogen-bond donors (Lipinski definition) is 2. The maximum absolute atomic E-state index is 10.8. The molecule has 104 valence electrons. The molecule has 0 aliphatic carbocycles. The van der Waals surface area contributed by atoms with Crippen LogP contribution in [-0.2, 0) is 6.54 Å². The van der Waals surface area contributed by atoms with Crippen molar-refractivity contribution in [2.45, 2.75) is 44.9 Å². The Kier molecular flexibility index (Phi) is 4.50. The molecule has 2 rings (SSSR count). The third-order valence-electron chi connectivity index (χ3n) is 3.55. The van der Waals surface area contributed by atoms with E-state index < -0.39 is 5.97 Å². The number of aromatic nitrogens is 1. The zero-order valence-corrected chi connectivity index (χ0v) is 11.1. The first-order valence-electron chi connectivity index (χ1n) is 6.66. The molecule has 0 amide bonds. The Hall–Kier alpha value is -1.46. The SMILES string of the molecule is CC(O)CC1CCCN1Cc1ccc(C(=O)O)cn1. The molecular formula is C14H20N2O3. The Labute approximate surface area is 112 Å². The molecule has 5 heteroatoms. The molecule has 0 saturated carbocycles. The third kappa shape index (κ3) is 3.75. The number of likely N-dealkylation sites (tertiary alicyclic amines) is 1. The summed E-state index contributed by atoms with van der Waals surface area (Å²) in [5, 5.41) is 18.3. The minimum atomic E-state index is -0.952. The number of carboxylic acids is 1. The number of rotatable bonds is 5. The van der Waals surface area contributed by atoms with Crippen LogP contribution < -0.4 is 0 Å². The van der Waals surface area contributed by atoms with Gasteiger partial charge in [0.25, 0.3) is 0 Å². The number of nitrogens with zero attached hydrogens (tertiary/aromatic N) is 2. The van der Waals surface area contributed by atoms with Crippen LogP contribution in [0.15, 0.2) is 18.3 Å². The van der Waals surface area contributed by atoms with Crippen LogP contribution in [0.4, 0.5) is 0 Å². The van der Waals surface area contributed by atoms with Crippen molar-refractivity contribution in [3.8, 4) is 0 Å². The van der Waals surface area contributed by atoms with E-state index in [-0.39, 0.29) is 11.7 Å². The minimum Gasteiger partial charge on any atom is -0.478 e. The Morgan fingerprint density at radius 3 is 2.95 bits per heavy atom. The highest BCUT2D eigenvalue weighted by atomic mass is 16.4. The van der Waals surface area contributed by atoms with Crippen LogP contribution >= 0.6 is 0 Å². The van der Waals surface area contributed by atoms with Gasteiger partial charge in [0, 0.05) is 18.8 Å². The van der Waals surface area contributed by atoms with E-state index in [1.54, 1.807) is 12.1 Å². The van der Waals surface area contributed by atoms with Crippen molar-refractivity contribution in [3.63, 3.8) is 0 Å². The molecule has 2 N–H and O–H groups in total.